The number of nitrogens with zero attached hydrogens (tertiary/aromatic N) is 2. The van der Waals surface area contributed by atoms with E-state index >= 15 is 0 Å². The van der Waals surface area contributed by atoms with Crippen molar-refractivity contribution in [2.45, 2.75) is 32.9 Å². The molecule has 0 bridgehead atoms. The van der Waals surface area contributed by atoms with Crippen molar-refractivity contribution in [2.24, 2.45) is 0 Å². The highest BCUT2D eigenvalue weighted by atomic mass is 35.5. The Hall–Kier alpha value is -3.86. The number of ether oxygens (including phenoxy) is 2. The molecule has 3 rings (SSSR count). The second kappa shape index (κ2) is 9.74. The Morgan fingerprint density at radius 2 is 2.09 bits per heavy atom. The van der Waals surface area contributed by atoms with Crippen LogP contribution in [0.3, 0.4) is 0 Å². The number of imide groups is 1. The number of nitrogens with one attached hydrogen (secondary N) is 1. The van der Waals surface area contributed by atoms with Gasteiger partial charge in [-0.25, -0.2) is 9.59 Å². The number of nitro groups is 1. The molecule has 1 aromatic heterocycles. The fourth-order valence-electron chi connectivity index (χ4n) is 2.93. The number of hydrogen-bond acceptors (Lipinski definition) is 8. The molecular formula is C21H20ClN3O8. The number of carbonyl (C=O) groups is 3. The van der Waals surface area contributed by atoms with Crippen LogP contribution < -0.4 is 10.1 Å². The number of carbonyl (C=O) groups excluding carboxylic acids is 3. The van der Waals surface area contributed by atoms with Gasteiger partial charge in [0.15, 0.2) is 0 Å². The van der Waals surface area contributed by atoms with E-state index in [2.05, 4.69) is 10.1 Å². The van der Waals surface area contributed by atoms with Crippen LogP contribution in [0.1, 0.15) is 42.1 Å². The number of urea groups is 1. The van der Waals surface area contributed by atoms with Gasteiger partial charge in [-0.2, -0.15) is 0 Å². The lowest BCUT2D eigenvalue weighted by Crippen LogP contribution is -2.30. The van der Waals surface area contributed by atoms with Crippen LogP contribution in [0.2, 0.25) is 5.02 Å². The first-order chi connectivity index (χ1) is 15.6. The summed E-state index contributed by atoms with van der Waals surface area (Å²) in [5.74, 6) is -1.34. The summed E-state index contributed by atoms with van der Waals surface area (Å²) in [6.45, 7) is 3.38. The van der Waals surface area contributed by atoms with E-state index in [-0.39, 0.29) is 51.9 Å². The van der Waals surface area contributed by atoms with E-state index in [4.69, 9.17) is 20.8 Å². The van der Waals surface area contributed by atoms with Crippen molar-refractivity contribution in [1.82, 2.24) is 10.2 Å². The normalized spacial score (nSPS) is 15.5. The van der Waals surface area contributed by atoms with Crippen molar-refractivity contribution >= 4 is 41.3 Å². The molecule has 1 unspecified atom stereocenters. The molecule has 1 aromatic carbocycles. The van der Waals surface area contributed by atoms with Gasteiger partial charge in [-0.3, -0.25) is 19.8 Å². The molecule has 1 N–H and O–H groups in total. The first kappa shape index (κ1) is 23.8. The van der Waals surface area contributed by atoms with E-state index in [0.29, 0.717) is 6.42 Å². The third-order valence-electron chi connectivity index (χ3n) is 4.77. The van der Waals surface area contributed by atoms with E-state index in [1.54, 1.807) is 6.92 Å². The lowest BCUT2D eigenvalue weighted by atomic mass is 10.1. The Morgan fingerprint density at radius 1 is 1.36 bits per heavy atom. The van der Waals surface area contributed by atoms with Gasteiger partial charge in [-0.1, -0.05) is 18.5 Å². The van der Waals surface area contributed by atoms with Crippen molar-refractivity contribution in [3.05, 3.63) is 62.2 Å². The molecule has 1 saturated heterocycles. The monoisotopic (exact) mass is 477 g/mol. The predicted molar refractivity (Wildman–Crippen MR) is 116 cm³/mol. The van der Waals surface area contributed by atoms with Crippen LogP contribution in [0.15, 0.2) is 34.4 Å². The second-order valence-corrected chi connectivity index (χ2v) is 7.49. The Kier molecular flexibility index (Phi) is 7.02. The number of esters is 1. The minimum Gasteiger partial charge on any atom is -0.483 e. The minimum atomic E-state index is -0.723. The standard InChI is InChI=1S/C21H20ClN3O8/c1-4-11(2)32-18-14(22)7-12(9-16(18)25(29)30)8-15-19(26)24(21(28)23-15)10-13-5-6-17(33-13)20(27)31-3/h5-9,11H,4,10H2,1-3H3,(H,23,28). The van der Waals surface area contributed by atoms with Gasteiger partial charge >= 0.3 is 17.7 Å². The zero-order valence-electron chi connectivity index (χ0n) is 17.9. The summed E-state index contributed by atoms with van der Waals surface area (Å²) in [5, 5.41) is 13.9. The fraction of sp³-hybridized carbons (Fsp3) is 0.286. The largest absolute Gasteiger partial charge is 0.483 e. The topological polar surface area (TPSA) is 141 Å². The first-order valence-electron chi connectivity index (χ1n) is 9.80. The number of furan rings is 1. The first-order valence-corrected chi connectivity index (χ1v) is 10.2. The van der Waals surface area contributed by atoms with E-state index in [0.717, 1.165) is 4.90 Å². The molecule has 2 heterocycles. The average molecular weight is 478 g/mol. The number of benzene rings is 1. The van der Waals surface area contributed by atoms with E-state index in [1.165, 1.54) is 37.5 Å². The number of halogens is 1. The molecule has 33 heavy (non-hydrogen) atoms. The quantitative estimate of drug-likeness (QED) is 0.198. The summed E-state index contributed by atoms with van der Waals surface area (Å²) in [6, 6.07) is 4.68. The van der Waals surface area contributed by atoms with Gasteiger partial charge in [0.1, 0.15) is 11.5 Å². The van der Waals surface area contributed by atoms with Crippen molar-refractivity contribution in [3.8, 4) is 5.75 Å². The number of amides is 3. The molecular weight excluding hydrogens is 458 g/mol. The summed E-state index contributed by atoms with van der Waals surface area (Å²) in [5.41, 5.74) is -0.255. The fourth-order valence-corrected chi connectivity index (χ4v) is 3.20. The summed E-state index contributed by atoms with van der Waals surface area (Å²) < 4.78 is 15.4. The lowest BCUT2D eigenvalue weighted by molar-refractivity contribution is -0.386. The molecule has 0 spiro atoms. The van der Waals surface area contributed by atoms with Crippen LogP contribution in [-0.4, -0.2) is 40.9 Å². The number of methoxy groups -OCH3 is 1. The third kappa shape index (κ3) is 5.14. The molecule has 1 fully saturated rings. The number of rotatable bonds is 8. The molecule has 2 aromatic rings. The zero-order valence-corrected chi connectivity index (χ0v) is 18.7. The highest BCUT2D eigenvalue weighted by Gasteiger charge is 2.34. The van der Waals surface area contributed by atoms with E-state index in [1.807, 2.05) is 6.92 Å². The maximum absolute atomic E-state index is 12.7. The van der Waals surface area contributed by atoms with Gasteiger partial charge in [-0.05, 0) is 43.2 Å². The summed E-state index contributed by atoms with van der Waals surface area (Å²) in [6.07, 6.45) is 1.59. The van der Waals surface area contributed by atoms with Crippen LogP contribution in [0.25, 0.3) is 6.08 Å². The Morgan fingerprint density at radius 3 is 2.73 bits per heavy atom. The van der Waals surface area contributed by atoms with Crippen LogP contribution in [0.5, 0.6) is 5.75 Å². The number of nitro benzene ring substituents is 1. The molecule has 1 atom stereocenters. The van der Waals surface area contributed by atoms with Gasteiger partial charge in [0.25, 0.3) is 5.91 Å². The molecule has 0 aliphatic carbocycles. The van der Waals surface area contributed by atoms with Gasteiger partial charge in [-0.15, -0.1) is 0 Å². The SMILES string of the molecule is CCC(C)Oc1c(Cl)cc(C=C2NC(=O)N(Cc3ccc(C(=O)OC)o3)C2=O)cc1[N+](=O)[O-]. The predicted octanol–water partition coefficient (Wildman–Crippen LogP) is 3.90. The molecule has 12 heteroatoms. The van der Waals surface area contributed by atoms with Crippen LogP contribution >= 0.6 is 11.6 Å². The van der Waals surface area contributed by atoms with Crippen molar-refractivity contribution in [2.75, 3.05) is 7.11 Å². The van der Waals surface area contributed by atoms with Crippen molar-refractivity contribution < 1.29 is 33.2 Å². The maximum atomic E-state index is 12.7. The van der Waals surface area contributed by atoms with Gasteiger partial charge < -0.3 is 19.2 Å². The van der Waals surface area contributed by atoms with Crippen LogP contribution in [0, 0.1) is 10.1 Å². The Bertz CT molecular complexity index is 1160. The van der Waals surface area contributed by atoms with Crippen LogP contribution in [0.4, 0.5) is 10.5 Å². The molecule has 1 aliphatic rings. The van der Waals surface area contributed by atoms with Crippen LogP contribution in [-0.2, 0) is 16.1 Å². The molecule has 3 amide bonds. The maximum Gasteiger partial charge on any atom is 0.373 e. The second-order valence-electron chi connectivity index (χ2n) is 7.08. The Balaban J connectivity index is 1.86. The summed E-state index contributed by atoms with van der Waals surface area (Å²) >= 11 is 6.21. The van der Waals surface area contributed by atoms with E-state index in [9.17, 15) is 24.5 Å². The molecule has 0 saturated carbocycles. The minimum absolute atomic E-state index is 0.00379. The van der Waals surface area contributed by atoms with Gasteiger partial charge in [0.05, 0.1) is 29.7 Å². The van der Waals surface area contributed by atoms with Crippen molar-refractivity contribution in [1.29, 1.82) is 0 Å². The molecule has 11 nitrogen and oxygen atoms in total. The molecule has 1 aliphatic heterocycles. The third-order valence-corrected chi connectivity index (χ3v) is 5.05. The summed E-state index contributed by atoms with van der Waals surface area (Å²) in [4.78, 5) is 48.3. The van der Waals surface area contributed by atoms with Crippen molar-refractivity contribution in [3.63, 3.8) is 0 Å². The smallest absolute Gasteiger partial charge is 0.373 e. The van der Waals surface area contributed by atoms with E-state index < -0.39 is 22.8 Å². The van der Waals surface area contributed by atoms with Gasteiger partial charge in [0.2, 0.25) is 11.5 Å². The highest BCUT2D eigenvalue weighted by Crippen LogP contribution is 2.38. The zero-order chi connectivity index (χ0) is 24.3. The lowest BCUT2D eigenvalue weighted by Gasteiger charge is -2.14. The highest BCUT2D eigenvalue weighted by molar-refractivity contribution is 6.32. The van der Waals surface area contributed by atoms with Gasteiger partial charge in [0, 0.05) is 6.07 Å². The Labute approximate surface area is 193 Å². The molecule has 0 radical (unpaired) electrons. The summed E-state index contributed by atoms with van der Waals surface area (Å²) in [7, 11) is 1.19. The number of hydrogen-bond donors (Lipinski definition) is 1. The average Bonchev–Trinajstić information content (AvgIpc) is 3.35. The molecule has 174 valence electrons.